The summed E-state index contributed by atoms with van der Waals surface area (Å²) in [4.78, 5) is 23.7. The summed E-state index contributed by atoms with van der Waals surface area (Å²) in [5.41, 5.74) is 1.60. The van der Waals surface area contributed by atoms with Crippen molar-refractivity contribution in [1.82, 2.24) is 0 Å². The van der Waals surface area contributed by atoms with Gasteiger partial charge in [-0.2, -0.15) is 5.26 Å². The highest BCUT2D eigenvalue weighted by atomic mass is 16.5. The first-order valence-corrected chi connectivity index (χ1v) is 8.45. The molecule has 0 aliphatic rings. The lowest BCUT2D eigenvalue weighted by Gasteiger charge is -2.12. The molecule has 2 aromatic carbocycles. The van der Waals surface area contributed by atoms with Gasteiger partial charge in [-0.3, -0.25) is 4.79 Å². The Balaban J connectivity index is 1.93. The van der Waals surface area contributed by atoms with Crippen molar-refractivity contribution in [2.24, 2.45) is 0 Å². The fraction of sp³-hybridized carbons (Fsp3) is 0.190. The smallest absolute Gasteiger partial charge is 0.331 e. The number of hydrogen-bond acceptors (Lipinski definition) is 7. The van der Waals surface area contributed by atoms with E-state index in [-0.39, 0.29) is 0 Å². The number of anilines is 1. The minimum Gasteiger partial charge on any atom is -0.493 e. The number of amides is 1. The minimum absolute atomic E-state index is 0.439. The first-order valence-electron chi connectivity index (χ1n) is 8.45. The lowest BCUT2D eigenvalue weighted by molar-refractivity contribution is -0.142. The Morgan fingerprint density at radius 3 is 2.17 bits per heavy atom. The average molecular weight is 396 g/mol. The van der Waals surface area contributed by atoms with Crippen LogP contribution >= 0.6 is 0 Å². The maximum atomic E-state index is 11.9. The SMILES string of the molecule is COc1cc(/C=C/C(=O)OCC(=O)Nc2ccc(C#N)cc2)cc(OC)c1OC. The number of hydrogen-bond donors (Lipinski definition) is 1. The largest absolute Gasteiger partial charge is 0.493 e. The van der Waals surface area contributed by atoms with Crippen molar-refractivity contribution in [3.05, 3.63) is 53.6 Å². The molecule has 2 aromatic rings. The number of ether oxygens (including phenoxy) is 4. The highest BCUT2D eigenvalue weighted by Gasteiger charge is 2.12. The number of nitrogens with zero attached hydrogens (tertiary/aromatic N) is 1. The molecule has 8 nitrogen and oxygen atoms in total. The van der Waals surface area contributed by atoms with Gasteiger partial charge in [0.25, 0.3) is 5.91 Å². The van der Waals surface area contributed by atoms with Crippen LogP contribution < -0.4 is 19.5 Å². The van der Waals surface area contributed by atoms with Crippen LogP contribution in [0, 0.1) is 11.3 Å². The molecule has 0 atom stereocenters. The van der Waals surface area contributed by atoms with Crippen LogP contribution in [0.15, 0.2) is 42.5 Å². The zero-order chi connectivity index (χ0) is 21.2. The lowest BCUT2D eigenvalue weighted by Crippen LogP contribution is -2.20. The maximum Gasteiger partial charge on any atom is 0.331 e. The van der Waals surface area contributed by atoms with Gasteiger partial charge >= 0.3 is 5.97 Å². The molecule has 1 N–H and O–H groups in total. The standard InChI is InChI=1S/C21H20N2O6/c1-26-17-10-15(11-18(27-2)21(17)28-3)6-9-20(25)29-13-19(24)23-16-7-4-14(12-22)5-8-16/h4-11H,13H2,1-3H3,(H,23,24)/b9-6+. The Kier molecular flexibility index (Phi) is 7.62. The van der Waals surface area contributed by atoms with E-state index in [0.29, 0.717) is 34.1 Å². The van der Waals surface area contributed by atoms with E-state index in [2.05, 4.69) is 5.32 Å². The molecule has 0 unspecified atom stereocenters. The summed E-state index contributed by atoms with van der Waals surface area (Å²) >= 11 is 0. The molecule has 29 heavy (non-hydrogen) atoms. The Morgan fingerprint density at radius 2 is 1.66 bits per heavy atom. The van der Waals surface area contributed by atoms with Crippen molar-refractivity contribution in [2.75, 3.05) is 33.3 Å². The zero-order valence-corrected chi connectivity index (χ0v) is 16.2. The van der Waals surface area contributed by atoms with Crippen molar-refractivity contribution in [3.8, 4) is 23.3 Å². The number of carbonyl (C=O) groups excluding carboxylic acids is 2. The van der Waals surface area contributed by atoms with Gasteiger partial charge in [-0.25, -0.2) is 4.79 Å². The lowest BCUT2D eigenvalue weighted by atomic mass is 10.1. The maximum absolute atomic E-state index is 11.9. The van der Waals surface area contributed by atoms with Gasteiger partial charge in [-0.1, -0.05) is 0 Å². The number of nitrogens with one attached hydrogen (secondary N) is 1. The summed E-state index contributed by atoms with van der Waals surface area (Å²) in [6.45, 7) is -0.446. The number of methoxy groups -OCH3 is 3. The Bertz CT molecular complexity index is 920. The van der Waals surface area contributed by atoms with Crippen molar-refractivity contribution < 1.29 is 28.5 Å². The van der Waals surface area contributed by atoms with Gasteiger partial charge in [0, 0.05) is 11.8 Å². The predicted molar refractivity (Wildman–Crippen MR) is 106 cm³/mol. The second-order valence-electron chi connectivity index (χ2n) is 5.64. The number of benzene rings is 2. The van der Waals surface area contributed by atoms with E-state index in [1.165, 1.54) is 33.5 Å². The Labute approximate surface area is 168 Å². The molecule has 0 radical (unpaired) electrons. The molecular formula is C21H20N2O6. The summed E-state index contributed by atoms with van der Waals surface area (Å²) in [7, 11) is 4.48. The van der Waals surface area contributed by atoms with Crippen LogP contribution in [-0.4, -0.2) is 39.8 Å². The number of nitriles is 1. The summed E-state index contributed by atoms with van der Waals surface area (Å²) in [6.07, 6.45) is 2.70. The van der Waals surface area contributed by atoms with Gasteiger partial charge in [-0.05, 0) is 48.0 Å². The van der Waals surface area contributed by atoms with Crippen LogP contribution in [0.2, 0.25) is 0 Å². The van der Waals surface area contributed by atoms with Crippen LogP contribution in [-0.2, 0) is 14.3 Å². The monoisotopic (exact) mass is 396 g/mol. The molecule has 0 aliphatic heterocycles. The molecule has 0 aliphatic carbocycles. The van der Waals surface area contributed by atoms with Gasteiger partial charge < -0.3 is 24.3 Å². The molecule has 150 valence electrons. The third-order valence-corrected chi connectivity index (χ3v) is 3.74. The highest BCUT2D eigenvalue weighted by molar-refractivity contribution is 5.94. The van der Waals surface area contributed by atoms with E-state index in [1.807, 2.05) is 6.07 Å². The molecule has 0 aromatic heterocycles. The molecule has 0 heterocycles. The van der Waals surface area contributed by atoms with Crippen molar-refractivity contribution in [1.29, 1.82) is 5.26 Å². The molecule has 0 bridgehead atoms. The molecule has 1 amide bonds. The molecule has 0 saturated carbocycles. The Hall–Kier alpha value is -3.99. The van der Waals surface area contributed by atoms with Crippen LogP contribution in [0.1, 0.15) is 11.1 Å². The van der Waals surface area contributed by atoms with Crippen molar-refractivity contribution >= 4 is 23.6 Å². The molecule has 8 heteroatoms. The van der Waals surface area contributed by atoms with E-state index in [4.69, 9.17) is 24.2 Å². The summed E-state index contributed by atoms with van der Waals surface area (Å²) in [5.74, 6) is 0.149. The summed E-state index contributed by atoms with van der Waals surface area (Å²) < 4.78 is 20.7. The topological polar surface area (TPSA) is 107 Å². The fourth-order valence-electron chi connectivity index (χ4n) is 2.37. The highest BCUT2D eigenvalue weighted by Crippen LogP contribution is 2.38. The van der Waals surface area contributed by atoms with E-state index in [9.17, 15) is 9.59 Å². The van der Waals surface area contributed by atoms with Crippen LogP contribution in [0.5, 0.6) is 17.2 Å². The van der Waals surface area contributed by atoms with Gasteiger partial charge in [0.2, 0.25) is 5.75 Å². The molecular weight excluding hydrogens is 376 g/mol. The van der Waals surface area contributed by atoms with Gasteiger partial charge in [-0.15, -0.1) is 0 Å². The first kappa shape index (κ1) is 21.3. The third kappa shape index (κ3) is 6.01. The summed E-state index contributed by atoms with van der Waals surface area (Å²) in [5, 5.41) is 11.3. The average Bonchev–Trinajstić information content (AvgIpc) is 2.75. The molecule has 0 spiro atoms. The van der Waals surface area contributed by atoms with Gasteiger partial charge in [0.15, 0.2) is 18.1 Å². The van der Waals surface area contributed by atoms with E-state index < -0.39 is 18.5 Å². The normalized spacial score (nSPS) is 10.1. The second-order valence-corrected chi connectivity index (χ2v) is 5.64. The minimum atomic E-state index is -0.686. The number of carbonyl (C=O) groups is 2. The molecule has 0 saturated heterocycles. The summed E-state index contributed by atoms with van der Waals surface area (Å²) in [6, 6.07) is 11.6. The third-order valence-electron chi connectivity index (χ3n) is 3.74. The first-order chi connectivity index (χ1) is 14.0. The Morgan fingerprint density at radius 1 is 1.03 bits per heavy atom. The van der Waals surface area contributed by atoms with E-state index in [0.717, 1.165) is 0 Å². The van der Waals surface area contributed by atoms with E-state index in [1.54, 1.807) is 36.4 Å². The van der Waals surface area contributed by atoms with Crippen molar-refractivity contribution in [2.45, 2.75) is 0 Å². The number of esters is 1. The van der Waals surface area contributed by atoms with Crippen LogP contribution in [0.3, 0.4) is 0 Å². The van der Waals surface area contributed by atoms with Gasteiger partial charge in [0.05, 0.1) is 33.0 Å². The van der Waals surface area contributed by atoms with Crippen molar-refractivity contribution in [3.63, 3.8) is 0 Å². The number of rotatable bonds is 8. The van der Waals surface area contributed by atoms with Gasteiger partial charge in [0.1, 0.15) is 0 Å². The van der Waals surface area contributed by atoms with Crippen LogP contribution in [0.4, 0.5) is 5.69 Å². The second kappa shape index (κ2) is 10.4. The predicted octanol–water partition coefficient (Wildman–Crippen LogP) is 2.78. The zero-order valence-electron chi connectivity index (χ0n) is 16.2. The molecule has 0 fully saturated rings. The quantitative estimate of drug-likeness (QED) is 0.540. The van der Waals surface area contributed by atoms with Crippen LogP contribution in [0.25, 0.3) is 6.08 Å². The fourth-order valence-corrected chi connectivity index (χ4v) is 2.37. The molecule has 2 rings (SSSR count). The van der Waals surface area contributed by atoms with E-state index >= 15 is 0 Å².